The van der Waals surface area contributed by atoms with Crippen LogP contribution in [0.5, 0.6) is 0 Å². The Morgan fingerprint density at radius 3 is 2.58 bits per heavy atom. The molecule has 0 spiro atoms. The summed E-state index contributed by atoms with van der Waals surface area (Å²) < 4.78 is 5.15. The predicted octanol–water partition coefficient (Wildman–Crippen LogP) is 3.57. The van der Waals surface area contributed by atoms with Crippen LogP contribution in [0.2, 0.25) is 0 Å². The number of benzene rings is 1. The van der Waals surface area contributed by atoms with Crippen molar-refractivity contribution < 1.29 is 9.53 Å². The summed E-state index contributed by atoms with van der Waals surface area (Å²) in [6.45, 7) is 4.90. The van der Waals surface area contributed by atoms with E-state index in [0.29, 0.717) is 5.92 Å². The number of piperidine rings is 1. The lowest BCUT2D eigenvalue weighted by Gasteiger charge is -2.33. The Hall–Kier alpha value is -1.55. The molecule has 1 aromatic rings. The summed E-state index contributed by atoms with van der Waals surface area (Å²) in [5.41, 5.74) is 2.08. The minimum atomic E-state index is 0.194. The fourth-order valence-electron chi connectivity index (χ4n) is 3.97. The van der Waals surface area contributed by atoms with Crippen LogP contribution in [0.1, 0.15) is 48.9 Å². The molecule has 3 rings (SSSR count). The molecule has 132 valence electrons. The molecule has 24 heavy (non-hydrogen) atoms. The number of carbonyl (C=O) groups is 1. The fourth-order valence-corrected chi connectivity index (χ4v) is 3.97. The van der Waals surface area contributed by atoms with Crippen LogP contribution in [0.15, 0.2) is 24.3 Å². The van der Waals surface area contributed by atoms with Crippen LogP contribution in [0, 0.1) is 5.92 Å². The zero-order chi connectivity index (χ0) is 16.8. The van der Waals surface area contributed by atoms with Gasteiger partial charge in [0.1, 0.15) is 0 Å². The van der Waals surface area contributed by atoms with Crippen molar-refractivity contribution in [3.05, 3.63) is 29.8 Å². The molecule has 2 fully saturated rings. The first-order valence-corrected chi connectivity index (χ1v) is 9.41. The van der Waals surface area contributed by atoms with Gasteiger partial charge in [0.2, 0.25) is 0 Å². The molecule has 2 aliphatic rings. The molecular formula is C20H30N2O2. The monoisotopic (exact) mass is 330 g/mol. The Kier molecular flexibility index (Phi) is 6.13. The van der Waals surface area contributed by atoms with Crippen LogP contribution in [-0.4, -0.2) is 50.7 Å². The van der Waals surface area contributed by atoms with E-state index in [1.165, 1.54) is 24.9 Å². The van der Waals surface area contributed by atoms with Crippen molar-refractivity contribution in [2.45, 2.75) is 38.5 Å². The number of amides is 1. The number of likely N-dealkylation sites (tertiary alicyclic amines) is 1. The highest BCUT2D eigenvalue weighted by atomic mass is 16.5. The molecule has 1 aromatic carbocycles. The highest BCUT2D eigenvalue weighted by Crippen LogP contribution is 2.24. The highest BCUT2D eigenvalue weighted by molar-refractivity contribution is 5.94. The smallest absolute Gasteiger partial charge is 0.253 e. The Balaban J connectivity index is 1.56. The molecular weight excluding hydrogens is 300 g/mol. The van der Waals surface area contributed by atoms with E-state index in [-0.39, 0.29) is 5.91 Å². The number of ether oxygens (including phenoxy) is 1. The molecule has 2 saturated heterocycles. The Morgan fingerprint density at radius 1 is 1.12 bits per heavy atom. The van der Waals surface area contributed by atoms with Crippen LogP contribution in [0.3, 0.4) is 0 Å². The zero-order valence-corrected chi connectivity index (χ0v) is 14.9. The van der Waals surface area contributed by atoms with E-state index in [1.807, 2.05) is 17.0 Å². The predicted molar refractivity (Wildman–Crippen MR) is 97.6 cm³/mol. The molecule has 0 radical (unpaired) electrons. The average Bonchev–Trinajstić information content (AvgIpc) is 3.16. The summed E-state index contributed by atoms with van der Waals surface area (Å²) in [7, 11) is 1.75. The normalized spacial score (nSPS) is 21.3. The average molecular weight is 330 g/mol. The molecule has 1 amide bonds. The topological polar surface area (TPSA) is 32.8 Å². The number of carbonyl (C=O) groups excluding carboxylic acids is 1. The van der Waals surface area contributed by atoms with Gasteiger partial charge in [-0.1, -0.05) is 0 Å². The molecule has 2 aliphatic heterocycles. The lowest BCUT2D eigenvalue weighted by atomic mass is 9.93. The summed E-state index contributed by atoms with van der Waals surface area (Å²) in [6.07, 6.45) is 7.16. The minimum Gasteiger partial charge on any atom is -0.385 e. The first-order valence-electron chi connectivity index (χ1n) is 9.41. The van der Waals surface area contributed by atoms with Crippen molar-refractivity contribution in [3.8, 4) is 0 Å². The Bertz CT molecular complexity index is 523. The quantitative estimate of drug-likeness (QED) is 0.748. The third-order valence-corrected chi connectivity index (χ3v) is 5.35. The maximum Gasteiger partial charge on any atom is 0.253 e. The molecule has 0 aromatic heterocycles. The van der Waals surface area contributed by atoms with Gasteiger partial charge in [0, 0.05) is 51.1 Å². The summed E-state index contributed by atoms with van der Waals surface area (Å²) in [5, 5.41) is 0. The van der Waals surface area contributed by atoms with Gasteiger partial charge in [-0.25, -0.2) is 0 Å². The largest absolute Gasteiger partial charge is 0.385 e. The van der Waals surface area contributed by atoms with Gasteiger partial charge in [-0.15, -0.1) is 0 Å². The summed E-state index contributed by atoms with van der Waals surface area (Å²) >= 11 is 0. The van der Waals surface area contributed by atoms with Crippen molar-refractivity contribution in [1.82, 2.24) is 4.90 Å². The van der Waals surface area contributed by atoms with Crippen LogP contribution < -0.4 is 4.90 Å². The highest BCUT2D eigenvalue weighted by Gasteiger charge is 2.24. The van der Waals surface area contributed by atoms with Crippen LogP contribution >= 0.6 is 0 Å². The van der Waals surface area contributed by atoms with E-state index in [1.54, 1.807) is 7.11 Å². The van der Waals surface area contributed by atoms with Gasteiger partial charge in [-0.2, -0.15) is 0 Å². The lowest BCUT2D eigenvalue weighted by molar-refractivity contribution is 0.0660. The second-order valence-corrected chi connectivity index (χ2v) is 7.14. The number of rotatable bonds is 6. The van der Waals surface area contributed by atoms with Crippen LogP contribution in [0.4, 0.5) is 5.69 Å². The zero-order valence-electron chi connectivity index (χ0n) is 14.9. The van der Waals surface area contributed by atoms with E-state index < -0.39 is 0 Å². The molecule has 0 N–H and O–H groups in total. The Morgan fingerprint density at radius 2 is 1.88 bits per heavy atom. The van der Waals surface area contributed by atoms with E-state index in [9.17, 15) is 4.79 Å². The molecule has 0 aliphatic carbocycles. The van der Waals surface area contributed by atoms with E-state index in [2.05, 4.69) is 17.0 Å². The standard InChI is InChI=1S/C20H30N2O2/c1-24-15-5-7-17-6-4-14-22(16-17)20(23)18-8-10-19(11-9-18)21-12-2-3-13-21/h8-11,17H,2-7,12-16H2,1H3/t17-/m0/s1. The van der Waals surface area contributed by atoms with Gasteiger partial charge in [0.05, 0.1) is 0 Å². The van der Waals surface area contributed by atoms with Gasteiger partial charge < -0.3 is 14.5 Å². The molecule has 0 unspecified atom stereocenters. The number of nitrogens with zero attached hydrogens (tertiary/aromatic N) is 2. The molecule has 0 bridgehead atoms. The van der Waals surface area contributed by atoms with Crippen molar-refractivity contribution in [1.29, 1.82) is 0 Å². The van der Waals surface area contributed by atoms with E-state index >= 15 is 0 Å². The fraction of sp³-hybridized carbons (Fsp3) is 0.650. The second kappa shape index (κ2) is 8.52. The molecule has 4 nitrogen and oxygen atoms in total. The number of hydrogen-bond donors (Lipinski definition) is 0. The molecule has 2 heterocycles. The van der Waals surface area contributed by atoms with E-state index in [4.69, 9.17) is 4.74 Å². The molecule has 4 heteroatoms. The summed E-state index contributed by atoms with van der Waals surface area (Å²) in [5.74, 6) is 0.820. The third kappa shape index (κ3) is 4.29. The molecule has 1 atom stereocenters. The van der Waals surface area contributed by atoms with Gasteiger partial charge in [0.25, 0.3) is 5.91 Å². The maximum atomic E-state index is 12.8. The number of hydrogen-bond acceptors (Lipinski definition) is 3. The number of anilines is 1. The maximum absolute atomic E-state index is 12.8. The lowest BCUT2D eigenvalue weighted by Crippen LogP contribution is -2.40. The van der Waals surface area contributed by atoms with E-state index in [0.717, 1.165) is 57.6 Å². The van der Waals surface area contributed by atoms with Gasteiger partial charge >= 0.3 is 0 Å². The van der Waals surface area contributed by atoms with Crippen molar-refractivity contribution in [2.24, 2.45) is 5.92 Å². The minimum absolute atomic E-state index is 0.194. The van der Waals surface area contributed by atoms with Crippen molar-refractivity contribution >= 4 is 11.6 Å². The van der Waals surface area contributed by atoms with Gasteiger partial charge in [0.15, 0.2) is 0 Å². The first-order chi connectivity index (χ1) is 11.8. The summed E-state index contributed by atoms with van der Waals surface area (Å²) in [4.78, 5) is 17.2. The van der Waals surface area contributed by atoms with Crippen LogP contribution in [0.25, 0.3) is 0 Å². The third-order valence-electron chi connectivity index (χ3n) is 5.35. The van der Waals surface area contributed by atoms with Gasteiger partial charge in [-0.3, -0.25) is 4.79 Å². The Labute approximate surface area is 145 Å². The van der Waals surface area contributed by atoms with Crippen molar-refractivity contribution in [2.75, 3.05) is 44.8 Å². The SMILES string of the molecule is COCCC[C@@H]1CCCN(C(=O)c2ccc(N3CCCC3)cc2)C1. The summed E-state index contributed by atoms with van der Waals surface area (Å²) in [6, 6.07) is 8.23. The first kappa shape index (κ1) is 17.3. The van der Waals surface area contributed by atoms with Crippen molar-refractivity contribution in [3.63, 3.8) is 0 Å². The van der Waals surface area contributed by atoms with Crippen LogP contribution in [-0.2, 0) is 4.74 Å². The van der Waals surface area contributed by atoms with Gasteiger partial charge in [-0.05, 0) is 68.7 Å². The number of methoxy groups -OCH3 is 1. The molecule has 0 saturated carbocycles. The second-order valence-electron chi connectivity index (χ2n) is 7.14.